The maximum atomic E-state index is 12.9. The first-order valence-electron chi connectivity index (χ1n) is 7.37. The summed E-state index contributed by atoms with van der Waals surface area (Å²) >= 11 is 3.72. The van der Waals surface area contributed by atoms with Crippen molar-refractivity contribution < 1.29 is 4.79 Å². The first-order chi connectivity index (χ1) is 9.65. The first kappa shape index (κ1) is 14.4. The van der Waals surface area contributed by atoms with Crippen LogP contribution in [0.1, 0.15) is 44.2 Å². The van der Waals surface area contributed by atoms with Crippen LogP contribution in [0.2, 0.25) is 0 Å². The molecule has 1 N–H and O–H groups in total. The minimum absolute atomic E-state index is 0.0659. The van der Waals surface area contributed by atoms with Crippen molar-refractivity contribution in [1.82, 2.24) is 10.2 Å². The number of hydrogen-bond acceptors (Lipinski definition) is 4. The standard InChI is InChI=1S/C15H22N2OS2/c1-3-15(2)14(18)17(11-6-4-8-19-10-11)13(16-15)12-7-5-9-20-12/h5,7,9,11,13,16H,3-4,6,8,10H2,1-2H3. The third-order valence-corrected chi connectivity index (χ3v) is 6.61. The molecule has 0 radical (unpaired) electrons. The molecular weight excluding hydrogens is 288 g/mol. The van der Waals surface area contributed by atoms with E-state index < -0.39 is 5.54 Å². The van der Waals surface area contributed by atoms with Crippen LogP contribution in [0.4, 0.5) is 0 Å². The number of hydrogen-bond donors (Lipinski definition) is 1. The Kier molecular flexibility index (Phi) is 4.11. The zero-order valence-electron chi connectivity index (χ0n) is 12.1. The van der Waals surface area contributed by atoms with E-state index in [1.807, 2.05) is 18.7 Å². The van der Waals surface area contributed by atoms with Gasteiger partial charge in [0.1, 0.15) is 6.17 Å². The molecule has 0 spiro atoms. The van der Waals surface area contributed by atoms with Gasteiger partial charge < -0.3 is 4.90 Å². The number of amides is 1. The van der Waals surface area contributed by atoms with Crippen LogP contribution < -0.4 is 5.32 Å². The molecule has 3 heterocycles. The Bertz CT molecular complexity index is 470. The molecule has 2 aliphatic rings. The Morgan fingerprint density at radius 3 is 3.00 bits per heavy atom. The van der Waals surface area contributed by atoms with Crippen molar-refractivity contribution in [2.24, 2.45) is 0 Å². The fourth-order valence-electron chi connectivity index (χ4n) is 3.06. The molecule has 1 aromatic heterocycles. The highest BCUT2D eigenvalue weighted by Crippen LogP contribution is 2.38. The van der Waals surface area contributed by atoms with Gasteiger partial charge in [0, 0.05) is 16.7 Å². The Balaban J connectivity index is 1.91. The second kappa shape index (κ2) is 5.70. The van der Waals surface area contributed by atoms with Crippen LogP contribution in [-0.2, 0) is 4.79 Å². The van der Waals surface area contributed by atoms with E-state index in [0.29, 0.717) is 6.04 Å². The van der Waals surface area contributed by atoms with Crippen molar-refractivity contribution in [1.29, 1.82) is 0 Å². The van der Waals surface area contributed by atoms with Gasteiger partial charge in [-0.25, -0.2) is 0 Å². The number of carbonyl (C=O) groups excluding carboxylic acids is 1. The average Bonchev–Trinajstić information content (AvgIpc) is 3.08. The fraction of sp³-hybridized carbons (Fsp3) is 0.667. The predicted octanol–water partition coefficient (Wildman–Crippen LogP) is 3.24. The maximum absolute atomic E-state index is 12.9. The molecule has 0 saturated carbocycles. The van der Waals surface area contributed by atoms with Crippen LogP contribution in [0.15, 0.2) is 17.5 Å². The van der Waals surface area contributed by atoms with Gasteiger partial charge in [-0.2, -0.15) is 11.8 Å². The Morgan fingerprint density at radius 1 is 1.55 bits per heavy atom. The normalized spacial score (nSPS) is 34.7. The van der Waals surface area contributed by atoms with Crippen molar-refractivity contribution in [3.63, 3.8) is 0 Å². The first-order valence-corrected chi connectivity index (χ1v) is 9.41. The molecule has 3 nitrogen and oxygen atoms in total. The highest BCUT2D eigenvalue weighted by atomic mass is 32.2. The van der Waals surface area contributed by atoms with E-state index in [1.165, 1.54) is 17.1 Å². The number of carbonyl (C=O) groups is 1. The van der Waals surface area contributed by atoms with Gasteiger partial charge in [-0.15, -0.1) is 11.3 Å². The van der Waals surface area contributed by atoms with Crippen molar-refractivity contribution in [2.45, 2.75) is 50.9 Å². The predicted molar refractivity (Wildman–Crippen MR) is 86.1 cm³/mol. The Hall–Kier alpha value is -0.520. The van der Waals surface area contributed by atoms with Crippen molar-refractivity contribution in [2.75, 3.05) is 11.5 Å². The number of nitrogens with zero attached hydrogens (tertiary/aromatic N) is 1. The number of rotatable bonds is 3. The average molecular weight is 310 g/mol. The summed E-state index contributed by atoms with van der Waals surface area (Å²) in [5.41, 5.74) is -0.406. The smallest absolute Gasteiger partial charge is 0.244 e. The Labute approximate surface area is 129 Å². The number of nitrogens with one attached hydrogen (secondary N) is 1. The van der Waals surface area contributed by atoms with Crippen LogP contribution in [-0.4, -0.2) is 33.9 Å². The molecular formula is C15H22N2OS2. The molecule has 2 fully saturated rings. The van der Waals surface area contributed by atoms with E-state index in [-0.39, 0.29) is 12.1 Å². The van der Waals surface area contributed by atoms with Crippen molar-refractivity contribution >= 4 is 29.0 Å². The molecule has 3 atom stereocenters. The summed E-state index contributed by atoms with van der Waals surface area (Å²) in [4.78, 5) is 16.3. The Morgan fingerprint density at radius 2 is 2.40 bits per heavy atom. The van der Waals surface area contributed by atoms with E-state index in [4.69, 9.17) is 0 Å². The molecule has 0 aliphatic carbocycles. The summed E-state index contributed by atoms with van der Waals surface area (Å²) in [5, 5.41) is 5.69. The van der Waals surface area contributed by atoms with Crippen LogP contribution >= 0.6 is 23.1 Å². The minimum atomic E-state index is -0.406. The third kappa shape index (κ3) is 2.40. The van der Waals surface area contributed by atoms with Gasteiger partial charge in [0.15, 0.2) is 0 Å². The summed E-state index contributed by atoms with van der Waals surface area (Å²) < 4.78 is 0. The van der Waals surface area contributed by atoms with E-state index in [9.17, 15) is 4.79 Å². The zero-order valence-corrected chi connectivity index (χ0v) is 13.7. The van der Waals surface area contributed by atoms with Gasteiger partial charge in [0.25, 0.3) is 0 Å². The quantitative estimate of drug-likeness (QED) is 0.930. The SMILES string of the molecule is CCC1(C)NC(c2cccs2)N(C2CCCSC2)C1=O. The van der Waals surface area contributed by atoms with Gasteiger partial charge >= 0.3 is 0 Å². The maximum Gasteiger partial charge on any atom is 0.244 e. The highest BCUT2D eigenvalue weighted by Gasteiger charge is 2.50. The summed E-state index contributed by atoms with van der Waals surface area (Å²) in [7, 11) is 0. The molecule has 2 aliphatic heterocycles. The highest BCUT2D eigenvalue weighted by molar-refractivity contribution is 7.99. The van der Waals surface area contributed by atoms with E-state index in [2.05, 4.69) is 34.7 Å². The topological polar surface area (TPSA) is 32.3 Å². The molecule has 110 valence electrons. The molecule has 1 aromatic rings. The molecule has 2 saturated heterocycles. The van der Waals surface area contributed by atoms with Crippen LogP contribution in [0, 0.1) is 0 Å². The minimum Gasteiger partial charge on any atom is -0.317 e. The lowest BCUT2D eigenvalue weighted by Gasteiger charge is -2.34. The molecule has 0 bridgehead atoms. The molecule has 3 rings (SSSR count). The molecule has 5 heteroatoms. The van der Waals surface area contributed by atoms with Crippen LogP contribution in [0.5, 0.6) is 0 Å². The number of thioether (sulfide) groups is 1. The van der Waals surface area contributed by atoms with Gasteiger partial charge in [-0.1, -0.05) is 13.0 Å². The second-order valence-corrected chi connectivity index (χ2v) is 7.96. The van der Waals surface area contributed by atoms with E-state index in [0.717, 1.165) is 18.6 Å². The van der Waals surface area contributed by atoms with Gasteiger partial charge in [0.2, 0.25) is 5.91 Å². The van der Waals surface area contributed by atoms with E-state index >= 15 is 0 Å². The van der Waals surface area contributed by atoms with Crippen molar-refractivity contribution in [3.05, 3.63) is 22.4 Å². The lowest BCUT2D eigenvalue weighted by molar-refractivity contribution is -0.134. The molecule has 20 heavy (non-hydrogen) atoms. The molecule has 0 aromatic carbocycles. The van der Waals surface area contributed by atoms with Crippen LogP contribution in [0.25, 0.3) is 0 Å². The van der Waals surface area contributed by atoms with Gasteiger partial charge in [-0.05, 0) is 43.4 Å². The van der Waals surface area contributed by atoms with Gasteiger partial charge in [0.05, 0.1) is 5.54 Å². The summed E-state index contributed by atoms with van der Waals surface area (Å²) in [6, 6.07) is 4.59. The van der Waals surface area contributed by atoms with Crippen LogP contribution in [0.3, 0.4) is 0 Å². The number of thiophene rings is 1. The summed E-state index contributed by atoms with van der Waals surface area (Å²) in [5.74, 6) is 2.60. The molecule has 1 amide bonds. The summed E-state index contributed by atoms with van der Waals surface area (Å²) in [6.45, 7) is 4.14. The molecule has 3 unspecified atom stereocenters. The van der Waals surface area contributed by atoms with Gasteiger partial charge in [-0.3, -0.25) is 10.1 Å². The monoisotopic (exact) mass is 310 g/mol. The zero-order chi connectivity index (χ0) is 14.2. The van der Waals surface area contributed by atoms with E-state index in [1.54, 1.807) is 11.3 Å². The lowest BCUT2D eigenvalue weighted by Crippen LogP contribution is -2.46. The largest absolute Gasteiger partial charge is 0.317 e. The third-order valence-electron chi connectivity index (χ3n) is 4.49. The lowest BCUT2D eigenvalue weighted by atomic mass is 9.98. The second-order valence-electron chi connectivity index (χ2n) is 5.83. The fourth-order valence-corrected chi connectivity index (χ4v) is 4.97. The summed E-state index contributed by atoms with van der Waals surface area (Å²) in [6.07, 6.45) is 3.27. The van der Waals surface area contributed by atoms with Crippen molar-refractivity contribution in [3.8, 4) is 0 Å².